The highest BCUT2D eigenvalue weighted by molar-refractivity contribution is 5.83. The largest absolute Gasteiger partial charge is 0.455 e. The number of hydrogen-bond donors (Lipinski definition) is 1. The normalized spacial score (nSPS) is 12.1. The molecule has 0 aliphatic heterocycles. The van der Waals surface area contributed by atoms with Crippen LogP contribution in [-0.2, 0) is 12.7 Å². The van der Waals surface area contributed by atoms with Crippen LogP contribution in [0, 0.1) is 0 Å². The summed E-state index contributed by atoms with van der Waals surface area (Å²) in [5, 5.41) is 0. The molecule has 0 saturated heterocycles. The van der Waals surface area contributed by atoms with E-state index in [-0.39, 0.29) is 18.2 Å². The van der Waals surface area contributed by atoms with Crippen LogP contribution in [0.25, 0.3) is 11.1 Å². The van der Waals surface area contributed by atoms with Crippen molar-refractivity contribution < 1.29 is 22.3 Å². The Morgan fingerprint density at radius 2 is 1.80 bits per heavy atom. The van der Waals surface area contributed by atoms with Gasteiger partial charge >= 0.3 is 6.18 Å². The molecule has 4 nitrogen and oxygen atoms in total. The first-order valence-electron chi connectivity index (χ1n) is 7.77. The number of oxazole rings is 1. The number of nitrogens with zero attached hydrogens (tertiary/aromatic N) is 1. The van der Waals surface area contributed by atoms with Crippen molar-refractivity contribution in [3.05, 3.63) is 53.4 Å². The molecule has 0 aliphatic rings. The van der Waals surface area contributed by atoms with Crippen LogP contribution in [-0.4, -0.2) is 4.98 Å². The van der Waals surface area contributed by atoms with Crippen LogP contribution >= 0.6 is 0 Å². The fourth-order valence-corrected chi connectivity index (χ4v) is 2.38. The van der Waals surface area contributed by atoms with E-state index in [1.165, 1.54) is 12.1 Å². The molecule has 0 aliphatic carbocycles. The number of ether oxygens (including phenoxy) is 1. The number of alkyl halides is 3. The monoisotopic (exact) mass is 350 g/mol. The SMILES string of the molecule is CC(C)c1nc2c(Oc3ccc(C(F)(F)F)cc3)ccc(CN)c2o1. The maximum Gasteiger partial charge on any atom is 0.416 e. The van der Waals surface area contributed by atoms with Gasteiger partial charge in [-0.05, 0) is 30.3 Å². The minimum Gasteiger partial charge on any atom is -0.455 e. The van der Waals surface area contributed by atoms with Crippen LogP contribution in [0.4, 0.5) is 13.2 Å². The Kier molecular flexibility index (Phi) is 4.43. The molecule has 0 amide bonds. The molecular formula is C18H17F3N2O2. The first-order chi connectivity index (χ1) is 11.8. The number of benzene rings is 2. The Labute approximate surface area is 142 Å². The van der Waals surface area contributed by atoms with Gasteiger partial charge in [0.2, 0.25) is 0 Å². The molecule has 0 saturated carbocycles. The summed E-state index contributed by atoms with van der Waals surface area (Å²) in [5.74, 6) is 1.32. The lowest BCUT2D eigenvalue weighted by molar-refractivity contribution is -0.137. The molecule has 3 rings (SSSR count). The standard InChI is InChI=1S/C18H17F3N2O2/c1-10(2)17-23-15-14(8-3-11(9-22)16(15)25-17)24-13-6-4-12(5-7-13)18(19,20)21/h3-8,10H,9,22H2,1-2H3. The molecule has 2 N–H and O–H groups in total. The lowest BCUT2D eigenvalue weighted by atomic mass is 10.2. The van der Waals surface area contributed by atoms with Crippen molar-refractivity contribution in [2.75, 3.05) is 0 Å². The van der Waals surface area contributed by atoms with Gasteiger partial charge < -0.3 is 14.9 Å². The van der Waals surface area contributed by atoms with E-state index in [1.807, 2.05) is 13.8 Å². The molecule has 0 bridgehead atoms. The van der Waals surface area contributed by atoms with Gasteiger partial charge in [-0.2, -0.15) is 13.2 Å². The van der Waals surface area contributed by atoms with Crippen molar-refractivity contribution in [3.8, 4) is 11.5 Å². The van der Waals surface area contributed by atoms with Gasteiger partial charge in [0.15, 0.2) is 22.7 Å². The summed E-state index contributed by atoms with van der Waals surface area (Å²) in [5.41, 5.74) is 6.83. The minimum absolute atomic E-state index is 0.0805. The Hall–Kier alpha value is -2.54. The molecule has 1 aromatic heterocycles. The van der Waals surface area contributed by atoms with Crippen molar-refractivity contribution >= 4 is 11.1 Å². The molecule has 0 fully saturated rings. The minimum atomic E-state index is -4.38. The second kappa shape index (κ2) is 6.40. The molecule has 7 heteroatoms. The highest BCUT2D eigenvalue weighted by Crippen LogP contribution is 2.35. The quantitative estimate of drug-likeness (QED) is 0.701. The lowest BCUT2D eigenvalue weighted by Crippen LogP contribution is -2.04. The maximum absolute atomic E-state index is 12.6. The molecular weight excluding hydrogens is 333 g/mol. The molecule has 1 heterocycles. The predicted molar refractivity (Wildman–Crippen MR) is 87.5 cm³/mol. The second-order valence-electron chi connectivity index (χ2n) is 5.94. The van der Waals surface area contributed by atoms with Crippen LogP contribution in [0.2, 0.25) is 0 Å². The van der Waals surface area contributed by atoms with Gasteiger partial charge in [0.05, 0.1) is 5.56 Å². The van der Waals surface area contributed by atoms with E-state index in [4.69, 9.17) is 14.9 Å². The van der Waals surface area contributed by atoms with Gasteiger partial charge in [0, 0.05) is 18.0 Å². The highest BCUT2D eigenvalue weighted by Gasteiger charge is 2.30. The predicted octanol–water partition coefficient (Wildman–Crippen LogP) is 5.22. The maximum atomic E-state index is 12.6. The summed E-state index contributed by atoms with van der Waals surface area (Å²) in [6.07, 6.45) is -4.38. The summed E-state index contributed by atoms with van der Waals surface area (Å²) in [6.45, 7) is 4.18. The second-order valence-corrected chi connectivity index (χ2v) is 5.94. The zero-order valence-electron chi connectivity index (χ0n) is 13.7. The first-order valence-corrected chi connectivity index (χ1v) is 7.77. The van der Waals surface area contributed by atoms with Crippen LogP contribution in [0.3, 0.4) is 0 Å². The number of aromatic nitrogens is 1. The number of halogens is 3. The molecule has 25 heavy (non-hydrogen) atoms. The molecule has 0 radical (unpaired) electrons. The van der Waals surface area contributed by atoms with E-state index >= 15 is 0 Å². The highest BCUT2D eigenvalue weighted by atomic mass is 19.4. The smallest absolute Gasteiger partial charge is 0.416 e. The van der Waals surface area contributed by atoms with Crippen molar-refractivity contribution in [1.29, 1.82) is 0 Å². The third-order valence-electron chi connectivity index (χ3n) is 3.73. The summed E-state index contributed by atoms with van der Waals surface area (Å²) < 4.78 is 49.4. The summed E-state index contributed by atoms with van der Waals surface area (Å²) in [7, 11) is 0. The number of fused-ring (bicyclic) bond motifs is 1. The lowest BCUT2D eigenvalue weighted by Gasteiger charge is -2.09. The Morgan fingerprint density at radius 1 is 1.12 bits per heavy atom. The first kappa shape index (κ1) is 17.3. The Morgan fingerprint density at radius 3 is 2.36 bits per heavy atom. The van der Waals surface area contributed by atoms with E-state index in [2.05, 4.69) is 4.98 Å². The number of rotatable bonds is 4. The van der Waals surface area contributed by atoms with Crippen LogP contribution in [0.15, 0.2) is 40.8 Å². The van der Waals surface area contributed by atoms with Crippen LogP contribution < -0.4 is 10.5 Å². The Balaban J connectivity index is 1.98. The molecule has 0 spiro atoms. The van der Waals surface area contributed by atoms with Gasteiger partial charge in [-0.25, -0.2) is 4.98 Å². The van der Waals surface area contributed by atoms with Gasteiger partial charge in [-0.1, -0.05) is 19.9 Å². The molecule has 2 aromatic carbocycles. The number of hydrogen-bond acceptors (Lipinski definition) is 4. The van der Waals surface area contributed by atoms with Crippen molar-refractivity contribution in [2.45, 2.75) is 32.5 Å². The Bertz CT molecular complexity index is 884. The fourth-order valence-electron chi connectivity index (χ4n) is 2.38. The van der Waals surface area contributed by atoms with Crippen molar-refractivity contribution in [2.24, 2.45) is 5.73 Å². The zero-order valence-corrected chi connectivity index (χ0v) is 13.7. The molecule has 0 atom stereocenters. The summed E-state index contributed by atoms with van der Waals surface area (Å²) >= 11 is 0. The van der Waals surface area contributed by atoms with E-state index in [0.717, 1.165) is 17.7 Å². The van der Waals surface area contributed by atoms with E-state index in [1.54, 1.807) is 12.1 Å². The summed E-state index contributed by atoms with van der Waals surface area (Å²) in [4.78, 5) is 4.45. The third kappa shape index (κ3) is 3.46. The average molecular weight is 350 g/mol. The third-order valence-corrected chi connectivity index (χ3v) is 3.73. The van der Waals surface area contributed by atoms with Crippen LogP contribution in [0.5, 0.6) is 11.5 Å². The fraction of sp³-hybridized carbons (Fsp3) is 0.278. The van der Waals surface area contributed by atoms with Crippen molar-refractivity contribution in [1.82, 2.24) is 4.98 Å². The topological polar surface area (TPSA) is 61.3 Å². The van der Waals surface area contributed by atoms with Gasteiger partial charge in [0.1, 0.15) is 5.75 Å². The number of nitrogens with two attached hydrogens (primary N) is 1. The van der Waals surface area contributed by atoms with Crippen molar-refractivity contribution in [3.63, 3.8) is 0 Å². The average Bonchev–Trinajstić information content (AvgIpc) is 3.01. The van der Waals surface area contributed by atoms with E-state index < -0.39 is 11.7 Å². The van der Waals surface area contributed by atoms with Gasteiger partial charge in [0.25, 0.3) is 0 Å². The summed E-state index contributed by atoms with van der Waals surface area (Å²) in [6, 6.07) is 7.95. The molecule has 0 unspecified atom stereocenters. The van der Waals surface area contributed by atoms with Crippen LogP contribution in [0.1, 0.15) is 36.8 Å². The molecule has 3 aromatic rings. The van der Waals surface area contributed by atoms with E-state index in [9.17, 15) is 13.2 Å². The van der Waals surface area contributed by atoms with E-state index in [0.29, 0.717) is 22.7 Å². The zero-order chi connectivity index (χ0) is 18.2. The molecule has 132 valence electrons. The van der Waals surface area contributed by atoms with Gasteiger partial charge in [-0.15, -0.1) is 0 Å². The van der Waals surface area contributed by atoms with Gasteiger partial charge in [-0.3, -0.25) is 0 Å².